The maximum absolute atomic E-state index is 9.77. The Bertz CT molecular complexity index is 609. The zero-order valence-electron chi connectivity index (χ0n) is 9.69. The summed E-state index contributed by atoms with van der Waals surface area (Å²) in [5.74, 6) is -0.0162. The van der Waals surface area contributed by atoms with Gasteiger partial charge in [0.05, 0.1) is 10.7 Å². The van der Waals surface area contributed by atoms with Crippen LogP contribution in [0.15, 0.2) is 41.4 Å². The largest absolute Gasteiger partial charge is 0.506 e. The standard InChI is InChI=1S/C14H11Cl2NO/c1-9-3-2-4-12(5-9)17-8-10-6-11(15)7-13(16)14(10)18/h2-8,18H,1H3/b17-8+. The molecule has 0 aliphatic carbocycles. The number of hydrogen-bond donors (Lipinski definition) is 1. The van der Waals surface area contributed by atoms with Gasteiger partial charge < -0.3 is 5.11 Å². The highest BCUT2D eigenvalue weighted by Crippen LogP contribution is 2.30. The van der Waals surface area contributed by atoms with Gasteiger partial charge in [-0.05, 0) is 36.8 Å². The fraction of sp³-hybridized carbons (Fsp3) is 0.0714. The van der Waals surface area contributed by atoms with Crippen molar-refractivity contribution < 1.29 is 5.11 Å². The summed E-state index contributed by atoms with van der Waals surface area (Å²) in [6.45, 7) is 1.99. The van der Waals surface area contributed by atoms with Crippen LogP contribution in [-0.2, 0) is 0 Å². The van der Waals surface area contributed by atoms with Crippen LogP contribution in [0.2, 0.25) is 10.0 Å². The summed E-state index contributed by atoms with van der Waals surface area (Å²) in [6.07, 6.45) is 1.54. The SMILES string of the molecule is Cc1cccc(/N=C/c2cc(Cl)cc(Cl)c2O)c1. The molecule has 0 saturated carbocycles. The van der Waals surface area contributed by atoms with Crippen molar-refractivity contribution in [1.82, 2.24) is 0 Å². The minimum absolute atomic E-state index is 0.0162. The molecule has 0 unspecified atom stereocenters. The lowest BCUT2D eigenvalue weighted by Crippen LogP contribution is -1.84. The van der Waals surface area contributed by atoms with E-state index in [1.165, 1.54) is 6.07 Å². The van der Waals surface area contributed by atoms with Crippen LogP contribution in [0.1, 0.15) is 11.1 Å². The van der Waals surface area contributed by atoms with Crippen LogP contribution >= 0.6 is 23.2 Å². The van der Waals surface area contributed by atoms with Gasteiger partial charge in [0, 0.05) is 16.8 Å². The summed E-state index contributed by atoms with van der Waals surface area (Å²) in [5, 5.41) is 10.5. The van der Waals surface area contributed by atoms with Gasteiger partial charge in [0.25, 0.3) is 0 Å². The quantitative estimate of drug-likeness (QED) is 0.790. The Kier molecular flexibility index (Phi) is 3.90. The van der Waals surface area contributed by atoms with Gasteiger partial charge in [0.1, 0.15) is 5.75 Å². The average Bonchev–Trinajstić information content (AvgIpc) is 2.32. The summed E-state index contributed by atoms with van der Waals surface area (Å²) in [7, 11) is 0. The van der Waals surface area contributed by atoms with Crippen molar-refractivity contribution in [2.45, 2.75) is 6.92 Å². The van der Waals surface area contributed by atoms with Gasteiger partial charge in [-0.25, -0.2) is 0 Å². The number of halogens is 2. The smallest absolute Gasteiger partial charge is 0.143 e. The van der Waals surface area contributed by atoms with E-state index in [9.17, 15) is 5.11 Å². The molecular weight excluding hydrogens is 269 g/mol. The Hall–Kier alpha value is -1.51. The number of phenolic OH excluding ortho intramolecular Hbond substituents is 1. The van der Waals surface area contributed by atoms with Gasteiger partial charge in [0.15, 0.2) is 0 Å². The van der Waals surface area contributed by atoms with E-state index < -0.39 is 0 Å². The lowest BCUT2D eigenvalue weighted by Gasteiger charge is -2.02. The van der Waals surface area contributed by atoms with E-state index in [-0.39, 0.29) is 10.8 Å². The van der Waals surface area contributed by atoms with Crippen LogP contribution in [0.3, 0.4) is 0 Å². The molecule has 0 saturated heterocycles. The highest BCUT2D eigenvalue weighted by Gasteiger charge is 2.05. The first kappa shape index (κ1) is 12.9. The van der Waals surface area contributed by atoms with Crippen molar-refractivity contribution in [3.63, 3.8) is 0 Å². The molecule has 0 spiro atoms. The summed E-state index contributed by atoms with van der Waals surface area (Å²) >= 11 is 11.7. The van der Waals surface area contributed by atoms with Gasteiger partial charge in [0.2, 0.25) is 0 Å². The molecular formula is C14H11Cl2NO. The Morgan fingerprint density at radius 2 is 1.94 bits per heavy atom. The van der Waals surface area contributed by atoms with E-state index >= 15 is 0 Å². The zero-order chi connectivity index (χ0) is 13.1. The summed E-state index contributed by atoms with van der Waals surface area (Å²) < 4.78 is 0. The fourth-order valence-electron chi connectivity index (χ4n) is 1.54. The maximum atomic E-state index is 9.77. The van der Waals surface area contributed by atoms with Crippen molar-refractivity contribution in [1.29, 1.82) is 0 Å². The van der Waals surface area contributed by atoms with E-state index in [0.717, 1.165) is 11.3 Å². The Labute approximate surface area is 116 Å². The van der Waals surface area contributed by atoms with Crippen LogP contribution in [0.25, 0.3) is 0 Å². The number of rotatable bonds is 2. The van der Waals surface area contributed by atoms with Crippen LogP contribution < -0.4 is 0 Å². The minimum Gasteiger partial charge on any atom is -0.506 e. The zero-order valence-corrected chi connectivity index (χ0v) is 11.2. The number of benzene rings is 2. The number of aliphatic imine (C=N–C) groups is 1. The highest BCUT2D eigenvalue weighted by atomic mass is 35.5. The first-order valence-corrected chi connectivity index (χ1v) is 6.10. The summed E-state index contributed by atoms with van der Waals surface area (Å²) in [4.78, 5) is 4.28. The van der Waals surface area contributed by atoms with Crippen LogP contribution in [0.4, 0.5) is 5.69 Å². The van der Waals surface area contributed by atoms with Crippen LogP contribution in [-0.4, -0.2) is 11.3 Å². The lowest BCUT2D eigenvalue weighted by molar-refractivity contribution is 0.475. The molecule has 2 nitrogen and oxygen atoms in total. The number of hydrogen-bond acceptors (Lipinski definition) is 2. The van der Waals surface area contributed by atoms with Gasteiger partial charge in [-0.15, -0.1) is 0 Å². The average molecular weight is 280 g/mol. The summed E-state index contributed by atoms with van der Waals surface area (Å²) in [5.41, 5.74) is 2.43. The van der Waals surface area contributed by atoms with Gasteiger partial charge in [-0.3, -0.25) is 4.99 Å². The molecule has 2 aromatic carbocycles. The molecule has 0 aromatic heterocycles. The number of nitrogens with zero attached hydrogens (tertiary/aromatic N) is 1. The van der Waals surface area contributed by atoms with Crippen molar-refractivity contribution in [2.24, 2.45) is 4.99 Å². The second-order valence-corrected chi connectivity index (χ2v) is 4.77. The monoisotopic (exact) mass is 279 g/mol. The predicted octanol–water partition coefficient (Wildman–Crippen LogP) is 4.76. The molecule has 0 fully saturated rings. The Morgan fingerprint density at radius 3 is 2.67 bits per heavy atom. The van der Waals surface area contributed by atoms with E-state index in [1.807, 2.05) is 31.2 Å². The molecule has 18 heavy (non-hydrogen) atoms. The number of aryl methyl sites for hydroxylation is 1. The third-order valence-electron chi connectivity index (χ3n) is 2.41. The predicted molar refractivity (Wildman–Crippen MR) is 76.6 cm³/mol. The molecule has 1 N–H and O–H groups in total. The highest BCUT2D eigenvalue weighted by molar-refractivity contribution is 6.36. The molecule has 0 heterocycles. The van der Waals surface area contributed by atoms with Gasteiger partial charge >= 0.3 is 0 Å². The second kappa shape index (κ2) is 5.42. The van der Waals surface area contributed by atoms with E-state index in [1.54, 1.807) is 12.3 Å². The number of phenols is 1. The van der Waals surface area contributed by atoms with Gasteiger partial charge in [-0.2, -0.15) is 0 Å². The topological polar surface area (TPSA) is 32.6 Å². The normalized spacial score (nSPS) is 11.1. The third-order valence-corrected chi connectivity index (χ3v) is 2.92. The van der Waals surface area contributed by atoms with E-state index in [2.05, 4.69) is 4.99 Å². The minimum atomic E-state index is -0.0162. The first-order chi connectivity index (χ1) is 8.56. The van der Waals surface area contributed by atoms with Crippen LogP contribution in [0.5, 0.6) is 5.75 Å². The molecule has 0 amide bonds. The van der Waals surface area contributed by atoms with E-state index in [4.69, 9.17) is 23.2 Å². The molecule has 0 atom stereocenters. The number of aromatic hydroxyl groups is 1. The molecule has 2 aromatic rings. The molecule has 2 rings (SSSR count). The fourth-order valence-corrected chi connectivity index (χ4v) is 2.05. The second-order valence-electron chi connectivity index (χ2n) is 3.92. The van der Waals surface area contributed by atoms with E-state index in [0.29, 0.717) is 10.6 Å². The van der Waals surface area contributed by atoms with Crippen molar-refractivity contribution >= 4 is 35.1 Å². The molecule has 4 heteroatoms. The molecule has 92 valence electrons. The first-order valence-electron chi connectivity index (χ1n) is 5.35. The Morgan fingerprint density at radius 1 is 1.17 bits per heavy atom. The molecule has 0 radical (unpaired) electrons. The molecule has 0 bridgehead atoms. The van der Waals surface area contributed by atoms with Crippen LogP contribution in [0, 0.1) is 6.92 Å². The summed E-state index contributed by atoms with van der Waals surface area (Å²) in [6, 6.07) is 10.8. The third kappa shape index (κ3) is 3.03. The van der Waals surface area contributed by atoms with Crippen molar-refractivity contribution in [2.75, 3.05) is 0 Å². The van der Waals surface area contributed by atoms with Gasteiger partial charge in [-0.1, -0.05) is 35.3 Å². The Balaban J connectivity index is 2.34. The van der Waals surface area contributed by atoms with Crippen molar-refractivity contribution in [3.8, 4) is 5.75 Å². The molecule has 0 aliphatic heterocycles. The lowest BCUT2D eigenvalue weighted by atomic mass is 10.2. The molecule has 0 aliphatic rings. The maximum Gasteiger partial charge on any atom is 0.143 e. The van der Waals surface area contributed by atoms with Crippen molar-refractivity contribution in [3.05, 3.63) is 57.6 Å².